The molecule has 2 amide bonds. The van der Waals surface area contributed by atoms with Crippen LogP contribution in [0.15, 0.2) is 18.3 Å². The Morgan fingerprint density at radius 3 is 2.74 bits per heavy atom. The van der Waals surface area contributed by atoms with Crippen molar-refractivity contribution in [2.45, 2.75) is 12.8 Å². The number of carbonyl (C=O) groups is 2. The molecular weight excluding hydrogens is 300 g/mol. The molecule has 2 rings (SSSR count). The number of carbonyl (C=O) groups excluding carboxylic acids is 1. The minimum atomic E-state index is -0.848. The maximum atomic E-state index is 12.0. The lowest BCUT2D eigenvalue weighted by molar-refractivity contribution is -0.137. The molecule has 23 heavy (non-hydrogen) atoms. The van der Waals surface area contributed by atoms with E-state index in [4.69, 9.17) is 9.84 Å². The van der Waals surface area contributed by atoms with Gasteiger partial charge in [-0.15, -0.1) is 0 Å². The van der Waals surface area contributed by atoms with Crippen LogP contribution < -0.4 is 15.0 Å². The number of carboxylic acids is 1. The number of methoxy groups -OCH3 is 1. The van der Waals surface area contributed by atoms with Gasteiger partial charge in [0.2, 0.25) is 0 Å². The molecule has 0 aromatic carbocycles. The summed E-state index contributed by atoms with van der Waals surface area (Å²) in [5.41, 5.74) is 0. The smallest absolute Gasteiger partial charge is 0.317 e. The fourth-order valence-electron chi connectivity index (χ4n) is 2.38. The molecule has 1 saturated heterocycles. The number of hydrogen-bond acceptors (Lipinski definition) is 5. The van der Waals surface area contributed by atoms with Crippen LogP contribution in [0.1, 0.15) is 12.8 Å². The first-order chi connectivity index (χ1) is 11.1. The molecule has 0 aliphatic carbocycles. The van der Waals surface area contributed by atoms with Crippen LogP contribution in [0.4, 0.5) is 10.6 Å². The van der Waals surface area contributed by atoms with Gasteiger partial charge in [-0.05, 0) is 12.5 Å². The fraction of sp³-hybridized carbons (Fsp3) is 0.533. The van der Waals surface area contributed by atoms with Gasteiger partial charge in [0.05, 0.1) is 7.11 Å². The maximum Gasteiger partial charge on any atom is 0.317 e. The molecule has 8 heteroatoms. The molecule has 0 radical (unpaired) electrons. The lowest BCUT2D eigenvalue weighted by atomic mass is 10.3. The number of piperazine rings is 1. The number of carboxylic acid groups (broad SMARTS) is 1. The summed E-state index contributed by atoms with van der Waals surface area (Å²) in [6, 6.07) is 3.53. The van der Waals surface area contributed by atoms with Crippen LogP contribution in [-0.4, -0.2) is 66.8 Å². The Morgan fingerprint density at radius 1 is 1.35 bits per heavy atom. The predicted octanol–water partition coefficient (Wildman–Crippen LogP) is 0.787. The summed E-state index contributed by atoms with van der Waals surface area (Å²) in [5.74, 6) is 0.748. The van der Waals surface area contributed by atoms with Gasteiger partial charge >= 0.3 is 12.0 Å². The molecule has 0 unspecified atom stereocenters. The maximum absolute atomic E-state index is 12.0. The Labute approximate surface area is 135 Å². The van der Waals surface area contributed by atoms with E-state index >= 15 is 0 Å². The first kappa shape index (κ1) is 16.9. The molecule has 2 N–H and O–H groups in total. The summed E-state index contributed by atoms with van der Waals surface area (Å²) in [4.78, 5) is 30.6. The Balaban J connectivity index is 1.76. The van der Waals surface area contributed by atoms with Crippen molar-refractivity contribution in [3.63, 3.8) is 0 Å². The van der Waals surface area contributed by atoms with E-state index in [1.807, 2.05) is 6.07 Å². The summed E-state index contributed by atoms with van der Waals surface area (Å²) in [6.45, 7) is 2.97. The Hall–Kier alpha value is -2.51. The number of aliphatic carboxylic acids is 1. The van der Waals surface area contributed by atoms with E-state index in [1.54, 1.807) is 24.3 Å². The van der Waals surface area contributed by atoms with Gasteiger partial charge < -0.3 is 25.0 Å². The van der Waals surface area contributed by atoms with Crippen LogP contribution >= 0.6 is 0 Å². The lowest BCUT2D eigenvalue weighted by Crippen LogP contribution is -2.52. The zero-order valence-electron chi connectivity index (χ0n) is 13.2. The summed E-state index contributed by atoms with van der Waals surface area (Å²) in [6.07, 6.45) is 2.21. The standard InChI is InChI=1S/C15H22N4O4/c1-23-12-4-6-16-13(11-12)18-7-9-19(10-8-18)15(22)17-5-2-3-14(20)21/h4,6,11H,2-3,5,7-10H2,1H3,(H,17,22)(H,20,21). The molecule has 126 valence electrons. The highest BCUT2D eigenvalue weighted by atomic mass is 16.5. The van der Waals surface area contributed by atoms with Crippen molar-refractivity contribution < 1.29 is 19.4 Å². The van der Waals surface area contributed by atoms with Crippen LogP contribution in [0.2, 0.25) is 0 Å². The van der Waals surface area contributed by atoms with Crippen molar-refractivity contribution in [2.24, 2.45) is 0 Å². The van der Waals surface area contributed by atoms with E-state index in [0.29, 0.717) is 39.1 Å². The second-order valence-electron chi connectivity index (χ2n) is 5.26. The van der Waals surface area contributed by atoms with Crippen molar-refractivity contribution in [1.82, 2.24) is 15.2 Å². The van der Waals surface area contributed by atoms with Gasteiger partial charge in [0.15, 0.2) is 0 Å². The highest BCUT2D eigenvalue weighted by Gasteiger charge is 2.21. The summed E-state index contributed by atoms with van der Waals surface area (Å²) in [5, 5.41) is 11.3. The number of aromatic nitrogens is 1. The SMILES string of the molecule is COc1ccnc(N2CCN(C(=O)NCCCC(=O)O)CC2)c1. The third-order valence-electron chi connectivity index (χ3n) is 3.69. The second kappa shape index (κ2) is 8.21. The molecule has 1 fully saturated rings. The highest BCUT2D eigenvalue weighted by Crippen LogP contribution is 2.19. The van der Waals surface area contributed by atoms with Gasteiger partial charge in [-0.3, -0.25) is 4.79 Å². The molecule has 1 aromatic heterocycles. The normalized spacial score (nSPS) is 14.5. The predicted molar refractivity (Wildman–Crippen MR) is 84.8 cm³/mol. The largest absolute Gasteiger partial charge is 0.497 e. The number of pyridine rings is 1. The van der Waals surface area contributed by atoms with Crippen molar-refractivity contribution >= 4 is 17.8 Å². The van der Waals surface area contributed by atoms with Crippen molar-refractivity contribution in [3.8, 4) is 5.75 Å². The van der Waals surface area contributed by atoms with E-state index in [-0.39, 0.29) is 12.5 Å². The zero-order chi connectivity index (χ0) is 16.7. The Kier molecular flexibility index (Phi) is 6.02. The molecule has 0 atom stereocenters. The van der Waals surface area contributed by atoms with E-state index in [0.717, 1.165) is 11.6 Å². The van der Waals surface area contributed by atoms with Crippen molar-refractivity contribution in [2.75, 3.05) is 44.7 Å². The molecular formula is C15H22N4O4. The first-order valence-corrected chi connectivity index (χ1v) is 7.59. The van der Waals surface area contributed by atoms with Crippen LogP contribution in [0.5, 0.6) is 5.75 Å². The third-order valence-corrected chi connectivity index (χ3v) is 3.69. The molecule has 0 saturated carbocycles. The fourth-order valence-corrected chi connectivity index (χ4v) is 2.38. The molecule has 0 spiro atoms. The van der Waals surface area contributed by atoms with Crippen LogP contribution in [-0.2, 0) is 4.79 Å². The van der Waals surface area contributed by atoms with Crippen molar-refractivity contribution in [1.29, 1.82) is 0 Å². The number of amides is 2. The minimum absolute atomic E-state index is 0.0650. The van der Waals surface area contributed by atoms with Crippen LogP contribution in [0.25, 0.3) is 0 Å². The molecule has 1 aliphatic heterocycles. The van der Waals surface area contributed by atoms with Gasteiger partial charge in [0, 0.05) is 51.4 Å². The van der Waals surface area contributed by atoms with Gasteiger partial charge in [-0.1, -0.05) is 0 Å². The second-order valence-corrected chi connectivity index (χ2v) is 5.26. The van der Waals surface area contributed by atoms with E-state index in [1.165, 1.54) is 0 Å². The number of nitrogens with one attached hydrogen (secondary N) is 1. The van der Waals surface area contributed by atoms with E-state index in [9.17, 15) is 9.59 Å². The first-order valence-electron chi connectivity index (χ1n) is 7.59. The van der Waals surface area contributed by atoms with Gasteiger partial charge in [-0.2, -0.15) is 0 Å². The molecule has 1 aromatic rings. The Morgan fingerprint density at radius 2 is 2.09 bits per heavy atom. The number of rotatable bonds is 6. The van der Waals surface area contributed by atoms with E-state index < -0.39 is 5.97 Å². The number of urea groups is 1. The number of anilines is 1. The quantitative estimate of drug-likeness (QED) is 0.752. The summed E-state index contributed by atoms with van der Waals surface area (Å²) < 4.78 is 5.19. The molecule has 2 heterocycles. The van der Waals surface area contributed by atoms with Crippen LogP contribution in [0, 0.1) is 0 Å². The molecule has 8 nitrogen and oxygen atoms in total. The van der Waals surface area contributed by atoms with Crippen molar-refractivity contribution in [3.05, 3.63) is 18.3 Å². The van der Waals surface area contributed by atoms with Gasteiger partial charge in [0.25, 0.3) is 0 Å². The Bertz CT molecular complexity index is 544. The minimum Gasteiger partial charge on any atom is -0.497 e. The zero-order valence-corrected chi connectivity index (χ0v) is 13.2. The van der Waals surface area contributed by atoms with E-state index in [2.05, 4.69) is 15.2 Å². The molecule has 0 bridgehead atoms. The summed E-state index contributed by atoms with van der Waals surface area (Å²) >= 11 is 0. The topological polar surface area (TPSA) is 95.0 Å². The number of nitrogens with zero attached hydrogens (tertiary/aromatic N) is 3. The lowest BCUT2D eigenvalue weighted by Gasteiger charge is -2.35. The average molecular weight is 322 g/mol. The van der Waals surface area contributed by atoms with Gasteiger partial charge in [0.1, 0.15) is 11.6 Å². The average Bonchev–Trinajstić information content (AvgIpc) is 2.58. The molecule has 1 aliphatic rings. The third kappa shape index (κ3) is 5.01. The van der Waals surface area contributed by atoms with Gasteiger partial charge in [-0.25, -0.2) is 9.78 Å². The van der Waals surface area contributed by atoms with Crippen LogP contribution in [0.3, 0.4) is 0 Å². The summed E-state index contributed by atoms with van der Waals surface area (Å²) in [7, 11) is 1.62. The highest BCUT2D eigenvalue weighted by molar-refractivity contribution is 5.74. The number of hydrogen-bond donors (Lipinski definition) is 2. The number of ether oxygens (including phenoxy) is 1. The monoisotopic (exact) mass is 322 g/mol.